The molecular weight excluding hydrogens is 564 g/mol. The Morgan fingerprint density at radius 2 is 1.50 bits per heavy atom. The van der Waals surface area contributed by atoms with Crippen molar-refractivity contribution < 1.29 is 69.3 Å². The topological polar surface area (TPSA) is 249 Å². The molecule has 9 N–H and O–H groups in total. The zero-order valence-corrected chi connectivity index (χ0v) is 21.9. The Hall–Kier alpha value is -3.51. The summed E-state index contributed by atoms with van der Waals surface area (Å²) in [6, 6.07) is 7.31. The van der Waals surface area contributed by atoms with Crippen molar-refractivity contribution >= 4 is 11.0 Å². The van der Waals surface area contributed by atoms with Crippen molar-refractivity contribution in [2.75, 3.05) is 6.61 Å². The monoisotopic (exact) mass is 594 g/mol. The standard InChI is InChI=1S/C27H30O15/c1-9-17(32)20(35)22(37)26(38-9)42-25-21(36)18(33)15(8-28)40-27(25)41-24-19(34)16-13(31)6-12(30)7-14(16)39-23(24)10-2-4-11(29)5-3-10/h2-7,9,15,17-18,20-22,25-33,35-37H,8H2,1H3/t9-,15+,17+,18-,20-,21+,22-,25+,26+,27-/m1/s1. The molecule has 3 heterocycles. The van der Waals surface area contributed by atoms with Gasteiger partial charge in [-0.3, -0.25) is 4.79 Å². The predicted octanol–water partition coefficient (Wildman–Crippen LogP) is -1.39. The second kappa shape index (κ2) is 11.6. The molecule has 15 nitrogen and oxygen atoms in total. The van der Waals surface area contributed by atoms with Gasteiger partial charge in [0.1, 0.15) is 64.8 Å². The Labute approximate surface area is 236 Å². The third-order valence-electron chi connectivity index (χ3n) is 7.21. The van der Waals surface area contributed by atoms with Gasteiger partial charge in [-0.2, -0.15) is 0 Å². The number of fused-ring (bicyclic) bond motifs is 1. The second-order valence-corrected chi connectivity index (χ2v) is 10.1. The van der Waals surface area contributed by atoms with Crippen LogP contribution in [0.15, 0.2) is 45.6 Å². The minimum absolute atomic E-state index is 0.112. The van der Waals surface area contributed by atoms with Crippen LogP contribution in [-0.4, -0.2) is 114 Å². The molecule has 0 aliphatic carbocycles. The third kappa shape index (κ3) is 5.37. The molecule has 2 aliphatic heterocycles. The minimum Gasteiger partial charge on any atom is -0.508 e. The van der Waals surface area contributed by atoms with Crippen molar-refractivity contribution in [3.05, 3.63) is 46.6 Å². The lowest BCUT2D eigenvalue weighted by molar-refractivity contribution is -0.354. The van der Waals surface area contributed by atoms with Crippen LogP contribution in [0, 0.1) is 0 Å². The SMILES string of the molecule is C[C@H]1O[C@@H](O[C@@H]2[C@@H](Oc3c(-c4ccc(O)cc4)oc4cc(O)cc(O)c4c3=O)O[C@@H](CO)[C@@H](O)[C@@H]2O)[C@H](O)[C@H](O)[C@H]1O. The van der Waals surface area contributed by atoms with Crippen LogP contribution >= 0.6 is 0 Å². The molecule has 3 aromatic rings. The molecule has 2 aliphatic rings. The molecule has 228 valence electrons. The second-order valence-electron chi connectivity index (χ2n) is 10.1. The van der Waals surface area contributed by atoms with E-state index in [9.17, 15) is 50.8 Å². The normalized spacial score (nSPS) is 33.5. The fourth-order valence-corrected chi connectivity index (χ4v) is 4.87. The average Bonchev–Trinajstić information content (AvgIpc) is 2.95. The van der Waals surface area contributed by atoms with Gasteiger partial charge in [-0.15, -0.1) is 0 Å². The Morgan fingerprint density at radius 1 is 0.810 bits per heavy atom. The van der Waals surface area contributed by atoms with E-state index in [2.05, 4.69) is 0 Å². The van der Waals surface area contributed by atoms with Crippen molar-refractivity contribution in [2.24, 2.45) is 0 Å². The van der Waals surface area contributed by atoms with Crippen LogP contribution < -0.4 is 10.2 Å². The van der Waals surface area contributed by atoms with Gasteiger partial charge >= 0.3 is 0 Å². The molecule has 0 spiro atoms. The highest BCUT2D eigenvalue weighted by atomic mass is 16.8. The van der Waals surface area contributed by atoms with Crippen molar-refractivity contribution in [1.82, 2.24) is 0 Å². The number of phenolic OH excluding ortho intramolecular Hbond substituents is 3. The van der Waals surface area contributed by atoms with E-state index in [4.69, 9.17) is 23.4 Å². The van der Waals surface area contributed by atoms with Crippen molar-refractivity contribution in [3.8, 4) is 34.3 Å². The van der Waals surface area contributed by atoms with Crippen LogP contribution in [0.25, 0.3) is 22.3 Å². The predicted molar refractivity (Wildman–Crippen MR) is 139 cm³/mol. The van der Waals surface area contributed by atoms with Crippen LogP contribution in [0.3, 0.4) is 0 Å². The molecule has 2 fully saturated rings. The molecule has 2 saturated heterocycles. The van der Waals surface area contributed by atoms with E-state index in [1.165, 1.54) is 31.2 Å². The van der Waals surface area contributed by atoms with E-state index in [0.717, 1.165) is 12.1 Å². The Morgan fingerprint density at radius 3 is 2.17 bits per heavy atom. The molecule has 10 atom stereocenters. The summed E-state index contributed by atoms with van der Waals surface area (Å²) in [6.45, 7) is 0.593. The highest BCUT2D eigenvalue weighted by Gasteiger charge is 2.51. The van der Waals surface area contributed by atoms with Gasteiger partial charge < -0.3 is 69.3 Å². The van der Waals surface area contributed by atoms with Gasteiger partial charge in [0.25, 0.3) is 0 Å². The molecule has 0 radical (unpaired) electrons. The third-order valence-corrected chi connectivity index (χ3v) is 7.21. The fourth-order valence-electron chi connectivity index (χ4n) is 4.87. The summed E-state index contributed by atoms with van der Waals surface area (Å²) in [6.07, 6.45) is -16.3. The molecular formula is C27H30O15. The number of benzene rings is 2. The van der Waals surface area contributed by atoms with Gasteiger partial charge in [-0.25, -0.2) is 0 Å². The molecule has 15 heteroatoms. The Balaban J connectivity index is 1.60. The summed E-state index contributed by atoms with van der Waals surface area (Å²) < 4.78 is 28.5. The number of rotatable bonds is 6. The molecule has 42 heavy (non-hydrogen) atoms. The maximum Gasteiger partial charge on any atom is 0.239 e. The number of ether oxygens (including phenoxy) is 4. The first-order chi connectivity index (χ1) is 19.9. The van der Waals surface area contributed by atoms with Gasteiger partial charge in [-0.1, -0.05) is 0 Å². The van der Waals surface area contributed by atoms with Crippen LogP contribution in [-0.2, 0) is 14.2 Å². The molecule has 0 unspecified atom stereocenters. The average molecular weight is 595 g/mol. The zero-order chi connectivity index (χ0) is 30.5. The molecule has 0 saturated carbocycles. The minimum atomic E-state index is -1.87. The number of aromatic hydroxyl groups is 3. The zero-order valence-electron chi connectivity index (χ0n) is 21.9. The smallest absolute Gasteiger partial charge is 0.239 e. The first kappa shape index (κ1) is 30.0. The number of phenols is 3. The highest BCUT2D eigenvalue weighted by molar-refractivity contribution is 5.88. The van der Waals surface area contributed by atoms with Gasteiger partial charge in [0.05, 0.1) is 12.7 Å². The summed E-state index contributed by atoms with van der Waals surface area (Å²) in [7, 11) is 0. The molecule has 0 amide bonds. The van der Waals surface area contributed by atoms with E-state index in [0.29, 0.717) is 0 Å². The molecule has 0 bridgehead atoms. The van der Waals surface area contributed by atoms with Crippen LogP contribution in [0.4, 0.5) is 0 Å². The van der Waals surface area contributed by atoms with E-state index in [-0.39, 0.29) is 22.7 Å². The maximum absolute atomic E-state index is 13.7. The summed E-state index contributed by atoms with van der Waals surface area (Å²) >= 11 is 0. The highest BCUT2D eigenvalue weighted by Crippen LogP contribution is 2.38. The van der Waals surface area contributed by atoms with E-state index < -0.39 is 96.1 Å². The largest absolute Gasteiger partial charge is 0.508 e. The quantitative estimate of drug-likeness (QED) is 0.159. The first-order valence-corrected chi connectivity index (χ1v) is 12.9. The number of aliphatic hydroxyl groups excluding tert-OH is 6. The van der Waals surface area contributed by atoms with Crippen molar-refractivity contribution in [3.63, 3.8) is 0 Å². The van der Waals surface area contributed by atoms with Gasteiger partial charge in [0, 0.05) is 17.7 Å². The summed E-state index contributed by atoms with van der Waals surface area (Å²) in [5, 5.41) is 91.6. The summed E-state index contributed by atoms with van der Waals surface area (Å²) in [5.41, 5.74) is -0.995. The Bertz CT molecular complexity index is 1470. The Kier molecular flexibility index (Phi) is 8.30. The maximum atomic E-state index is 13.7. The van der Waals surface area contributed by atoms with Crippen molar-refractivity contribution in [2.45, 2.75) is 68.3 Å². The summed E-state index contributed by atoms with van der Waals surface area (Å²) in [5.74, 6) is -2.03. The van der Waals surface area contributed by atoms with Crippen LogP contribution in [0.1, 0.15) is 6.92 Å². The fraction of sp³-hybridized carbons (Fsp3) is 0.444. The van der Waals surface area contributed by atoms with Crippen LogP contribution in [0.2, 0.25) is 0 Å². The van der Waals surface area contributed by atoms with Gasteiger partial charge in [0.2, 0.25) is 17.5 Å². The molecule has 5 rings (SSSR count). The molecule has 1 aromatic heterocycles. The molecule has 2 aromatic carbocycles. The lowest BCUT2D eigenvalue weighted by Gasteiger charge is -2.45. The van der Waals surface area contributed by atoms with Crippen molar-refractivity contribution in [1.29, 1.82) is 0 Å². The van der Waals surface area contributed by atoms with Gasteiger partial charge in [-0.05, 0) is 31.2 Å². The first-order valence-electron chi connectivity index (χ1n) is 12.9. The van der Waals surface area contributed by atoms with Crippen LogP contribution in [0.5, 0.6) is 23.0 Å². The number of hydrogen-bond acceptors (Lipinski definition) is 15. The number of aliphatic hydroxyl groups is 6. The van der Waals surface area contributed by atoms with E-state index in [1.54, 1.807) is 0 Å². The lowest BCUT2D eigenvalue weighted by atomic mass is 9.97. The summed E-state index contributed by atoms with van der Waals surface area (Å²) in [4.78, 5) is 13.7. The van der Waals surface area contributed by atoms with E-state index >= 15 is 0 Å². The number of hydrogen-bond donors (Lipinski definition) is 9. The lowest BCUT2D eigenvalue weighted by Crippen LogP contribution is -2.64. The van der Waals surface area contributed by atoms with Gasteiger partial charge in [0.15, 0.2) is 18.2 Å². The van der Waals surface area contributed by atoms with E-state index in [1.807, 2.05) is 0 Å².